The molecule has 0 N–H and O–H groups in total. The van der Waals surface area contributed by atoms with Crippen LogP contribution in [0, 0.1) is 5.82 Å². The van der Waals surface area contributed by atoms with Crippen molar-refractivity contribution in [1.82, 2.24) is 0 Å². The first kappa shape index (κ1) is 18.4. The highest BCUT2D eigenvalue weighted by molar-refractivity contribution is 5.94. The fourth-order valence-corrected chi connectivity index (χ4v) is 2.39. The van der Waals surface area contributed by atoms with Crippen molar-refractivity contribution in [3.63, 3.8) is 0 Å². The standard InChI is InChI=1S/C21H17FO5/c1-14(23)15-6-8-16(9-7-15)18-10-11-20(27-18)21(24)26-13-12-25-19-5-3-2-4-17(19)22/h2-11H,12-13H2,1H3. The van der Waals surface area contributed by atoms with E-state index in [0.717, 1.165) is 5.56 Å². The van der Waals surface area contributed by atoms with Crippen molar-refractivity contribution >= 4 is 11.8 Å². The van der Waals surface area contributed by atoms with Gasteiger partial charge in [-0.25, -0.2) is 9.18 Å². The number of Topliss-reactive ketones (excluding diaryl/α,β-unsaturated/α-hetero) is 1. The molecule has 0 unspecified atom stereocenters. The fourth-order valence-electron chi connectivity index (χ4n) is 2.39. The van der Waals surface area contributed by atoms with Crippen LogP contribution in [0.25, 0.3) is 11.3 Å². The molecule has 0 saturated carbocycles. The first-order valence-electron chi connectivity index (χ1n) is 8.30. The van der Waals surface area contributed by atoms with E-state index in [-0.39, 0.29) is 30.5 Å². The van der Waals surface area contributed by atoms with E-state index in [1.54, 1.807) is 42.5 Å². The Bertz CT molecular complexity index is 943. The zero-order valence-corrected chi connectivity index (χ0v) is 14.6. The Labute approximate surface area is 155 Å². The van der Waals surface area contributed by atoms with Gasteiger partial charge in [-0.3, -0.25) is 4.79 Å². The number of rotatable bonds is 7. The predicted molar refractivity (Wildman–Crippen MR) is 96.3 cm³/mol. The molecule has 3 aromatic rings. The quantitative estimate of drug-likeness (QED) is 0.348. The average Bonchev–Trinajstić information content (AvgIpc) is 3.17. The molecule has 3 rings (SSSR count). The number of halogens is 1. The number of hydrogen-bond acceptors (Lipinski definition) is 5. The molecule has 0 atom stereocenters. The van der Waals surface area contributed by atoms with Crippen LogP contribution in [-0.2, 0) is 4.74 Å². The van der Waals surface area contributed by atoms with Crippen LogP contribution in [0.1, 0.15) is 27.8 Å². The Kier molecular flexibility index (Phi) is 5.66. The van der Waals surface area contributed by atoms with E-state index < -0.39 is 11.8 Å². The molecule has 5 nitrogen and oxygen atoms in total. The summed E-state index contributed by atoms with van der Waals surface area (Å²) in [6.07, 6.45) is 0. The van der Waals surface area contributed by atoms with E-state index in [9.17, 15) is 14.0 Å². The van der Waals surface area contributed by atoms with E-state index in [2.05, 4.69) is 0 Å². The topological polar surface area (TPSA) is 65.7 Å². The number of hydrogen-bond donors (Lipinski definition) is 0. The van der Waals surface area contributed by atoms with Crippen LogP contribution >= 0.6 is 0 Å². The number of furan rings is 1. The smallest absolute Gasteiger partial charge is 0.374 e. The summed E-state index contributed by atoms with van der Waals surface area (Å²) in [5.41, 5.74) is 1.33. The Balaban J connectivity index is 1.54. The van der Waals surface area contributed by atoms with Gasteiger partial charge >= 0.3 is 5.97 Å². The summed E-state index contributed by atoms with van der Waals surface area (Å²) in [4.78, 5) is 23.3. The van der Waals surface area contributed by atoms with E-state index in [1.165, 1.54) is 25.1 Å². The zero-order valence-electron chi connectivity index (χ0n) is 14.6. The van der Waals surface area contributed by atoms with Crippen molar-refractivity contribution in [2.45, 2.75) is 6.92 Å². The third-order valence-electron chi connectivity index (χ3n) is 3.79. The lowest BCUT2D eigenvalue weighted by molar-refractivity contribution is 0.0414. The number of ketones is 1. The van der Waals surface area contributed by atoms with E-state index in [4.69, 9.17) is 13.9 Å². The van der Waals surface area contributed by atoms with Gasteiger partial charge in [-0.15, -0.1) is 0 Å². The largest absolute Gasteiger partial charge is 0.487 e. The monoisotopic (exact) mass is 368 g/mol. The molecule has 2 aromatic carbocycles. The molecule has 0 spiro atoms. The lowest BCUT2D eigenvalue weighted by atomic mass is 10.1. The maximum atomic E-state index is 13.4. The second-order valence-corrected chi connectivity index (χ2v) is 5.71. The molecule has 27 heavy (non-hydrogen) atoms. The summed E-state index contributed by atoms with van der Waals surface area (Å²) in [5, 5.41) is 0. The molecular weight excluding hydrogens is 351 g/mol. The zero-order chi connectivity index (χ0) is 19.2. The van der Waals surface area contributed by atoms with Crippen molar-refractivity contribution in [2.75, 3.05) is 13.2 Å². The van der Waals surface area contributed by atoms with E-state index >= 15 is 0 Å². The van der Waals surface area contributed by atoms with Crippen LogP contribution < -0.4 is 4.74 Å². The predicted octanol–water partition coefficient (Wildman–Crippen LogP) is 4.52. The first-order valence-corrected chi connectivity index (χ1v) is 8.30. The second-order valence-electron chi connectivity index (χ2n) is 5.71. The minimum absolute atomic E-state index is 0.0206. The Morgan fingerprint density at radius 1 is 0.963 bits per heavy atom. The molecule has 0 aliphatic rings. The third-order valence-corrected chi connectivity index (χ3v) is 3.79. The SMILES string of the molecule is CC(=O)c1ccc(-c2ccc(C(=O)OCCOc3ccccc3F)o2)cc1. The molecule has 1 aromatic heterocycles. The number of ether oxygens (including phenoxy) is 2. The highest BCUT2D eigenvalue weighted by Gasteiger charge is 2.14. The molecule has 0 amide bonds. The van der Waals surface area contributed by atoms with Gasteiger partial charge in [0.2, 0.25) is 5.76 Å². The van der Waals surface area contributed by atoms with Crippen molar-refractivity contribution in [1.29, 1.82) is 0 Å². The van der Waals surface area contributed by atoms with Crippen molar-refractivity contribution in [2.24, 2.45) is 0 Å². The van der Waals surface area contributed by atoms with Crippen LogP contribution in [0.3, 0.4) is 0 Å². The van der Waals surface area contributed by atoms with Gasteiger partial charge in [-0.1, -0.05) is 36.4 Å². The van der Waals surface area contributed by atoms with Gasteiger partial charge in [-0.2, -0.15) is 0 Å². The molecule has 6 heteroatoms. The molecule has 0 aliphatic heterocycles. The van der Waals surface area contributed by atoms with Crippen molar-refractivity contribution in [3.05, 3.63) is 77.8 Å². The molecule has 0 bridgehead atoms. The maximum Gasteiger partial charge on any atom is 0.374 e. The highest BCUT2D eigenvalue weighted by atomic mass is 19.1. The van der Waals surface area contributed by atoms with Crippen LogP contribution in [-0.4, -0.2) is 25.0 Å². The molecule has 0 radical (unpaired) electrons. The van der Waals surface area contributed by atoms with Gasteiger partial charge in [0.1, 0.15) is 19.0 Å². The van der Waals surface area contributed by atoms with Gasteiger partial charge < -0.3 is 13.9 Å². The van der Waals surface area contributed by atoms with Crippen LogP contribution in [0.15, 0.2) is 65.1 Å². The minimum atomic E-state index is -0.640. The Morgan fingerprint density at radius 2 is 1.70 bits per heavy atom. The lowest BCUT2D eigenvalue weighted by Gasteiger charge is -2.07. The number of esters is 1. The number of carbonyl (C=O) groups excluding carboxylic acids is 2. The molecule has 0 fully saturated rings. The summed E-state index contributed by atoms with van der Waals surface area (Å²) >= 11 is 0. The highest BCUT2D eigenvalue weighted by Crippen LogP contribution is 2.23. The van der Waals surface area contributed by atoms with E-state index in [0.29, 0.717) is 11.3 Å². The Hall–Kier alpha value is -3.41. The number of benzene rings is 2. The first-order chi connectivity index (χ1) is 13.0. The third kappa shape index (κ3) is 4.61. The summed E-state index contributed by atoms with van der Waals surface area (Å²) in [5.74, 6) is -0.508. The van der Waals surface area contributed by atoms with Gasteiger partial charge in [0.05, 0.1) is 0 Å². The summed E-state index contributed by atoms with van der Waals surface area (Å²) in [6, 6.07) is 16.0. The normalized spacial score (nSPS) is 10.4. The van der Waals surface area contributed by atoms with Gasteiger partial charge in [0, 0.05) is 11.1 Å². The van der Waals surface area contributed by atoms with Crippen LogP contribution in [0.5, 0.6) is 5.75 Å². The second kappa shape index (κ2) is 8.31. The van der Waals surface area contributed by atoms with Crippen molar-refractivity contribution < 1.29 is 27.9 Å². The van der Waals surface area contributed by atoms with Gasteiger partial charge in [0.15, 0.2) is 17.3 Å². The minimum Gasteiger partial charge on any atom is -0.487 e. The van der Waals surface area contributed by atoms with Gasteiger partial charge in [-0.05, 0) is 31.2 Å². The Morgan fingerprint density at radius 3 is 2.41 bits per heavy atom. The molecule has 1 heterocycles. The molecular formula is C21H17FO5. The maximum absolute atomic E-state index is 13.4. The van der Waals surface area contributed by atoms with Crippen LogP contribution in [0.4, 0.5) is 4.39 Å². The summed E-state index contributed by atoms with van der Waals surface area (Å²) < 4.78 is 29.2. The number of carbonyl (C=O) groups is 2. The average molecular weight is 368 g/mol. The van der Waals surface area contributed by atoms with Crippen molar-refractivity contribution in [3.8, 4) is 17.1 Å². The molecule has 138 valence electrons. The molecule has 0 aliphatic carbocycles. The lowest BCUT2D eigenvalue weighted by Crippen LogP contribution is -2.12. The van der Waals surface area contributed by atoms with Crippen LogP contribution in [0.2, 0.25) is 0 Å². The fraction of sp³-hybridized carbons (Fsp3) is 0.143. The number of para-hydroxylation sites is 1. The summed E-state index contributed by atoms with van der Waals surface area (Å²) in [7, 11) is 0. The van der Waals surface area contributed by atoms with Gasteiger partial charge in [0.25, 0.3) is 0 Å². The molecule has 0 saturated heterocycles. The van der Waals surface area contributed by atoms with E-state index in [1.807, 2.05) is 0 Å². The summed E-state index contributed by atoms with van der Waals surface area (Å²) in [6.45, 7) is 1.47.